The molecule has 8 nitrogen and oxygen atoms in total. The van der Waals surface area contributed by atoms with Crippen molar-refractivity contribution >= 4 is 65.7 Å². The van der Waals surface area contributed by atoms with Crippen LogP contribution in [-0.4, -0.2) is 24.9 Å². The highest BCUT2D eigenvalue weighted by Crippen LogP contribution is 2.38. The van der Waals surface area contributed by atoms with Crippen LogP contribution in [0, 0.1) is 0 Å². The molecule has 4 aromatic heterocycles. The summed E-state index contributed by atoms with van der Waals surface area (Å²) in [6, 6.07) is 72.3. The molecule has 0 bridgehead atoms. The van der Waals surface area contributed by atoms with Gasteiger partial charge in [0.05, 0.1) is 5.56 Å². The molecule has 0 aliphatic carbocycles. The molecule has 0 N–H and O–H groups in total. The summed E-state index contributed by atoms with van der Waals surface area (Å²) in [4.78, 5) is 25.2. The van der Waals surface area contributed by atoms with E-state index in [1.807, 2.05) is 103 Å². The van der Waals surface area contributed by atoms with Crippen LogP contribution in [0.2, 0.25) is 0 Å². The molecule has 0 amide bonds. The highest BCUT2D eigenvalue weighted by atomic mass is 16.4. The van der Waals surface area contributed by atoms with Gasteiger partial charge in [-0.15, -0.1) is 0 Å². The van der Waals surface area contributed by atoms with Crippen molar-refractivity contribution in [3.8, 4) is 79.3 Å². The second-order valence-corrected chi connectivity index (χ2v) is 17.3. The van der Waals surface area contributed by atoms with E-state index in [0.29, 0.717) is 29.3 Å². The van der Waals surface area contributed by atoms with Gasteiger partial charge in [0.1, 0.15) is 22.2 Å². The second-order valence-electron chi connectivity index (χ2n) is 17.3. The molecule has 14 aromatic rings. The Morgan fingerprint density at radius 2 is 0.696 bits per heavy atom. The third-order valence-corrected chi connectivity index (χ3v) is 13.0. The second kappa shape index (κ2) is 15.5. The fourth-order valence-corrected chi connectivity index (χ4v) is 9.43. The lowest BCUT2D eigenvalue weighted by molar-refractivity contribution is 0.619. The molecular weight excluding hydrogens is 851 g/mol. The molecule has 0 aliphatic rings. The molecule has 0 aliphatic heterocycles. The zero-order chi connectivity index (χ0) is 45.4. The van der Waals surface area contributed by atoms with Crippen molar-refractivity contribution < 1.29 is 13.3 Å². The molecule has 0 unspecified atom stereocenters. The molecule has 69 heavy (non-hydrogen) atoms. The molecule has 0 saturated carbocycles. The average molecular weight is 886 g/mol. The van der Waals surface area contributed by atoms with Gasteiger partial charge < -0.3 is 13.3 Å². The Labute approximate surface area is 393 Å². The van der Waals surface area contributed by atoms with Gasteiger partial charge in [0.15, 0.2) is 28.6 Å². The topological polar surface area (TPSA) is 104 Å². The van der Waals surface area contributed by atoms with E-state index in [1.165, 1.54) is 0 Å². The number of oxazole rings is 2. The van der Waals surface area contributed by atoms with Crippen molar-refractivity contribution in [1.29, 1.82) is 0 Å². The monoisotopic (exact) mass is 885 g/mol. The maximum absolute atomic E-state index is 6.51. The summed E-state index contributed by atoms with van der Waals surface area (Å²) < 4.78 is 18.7. The molecular formula is C61H35N5O3. The van der Waals surface area contributed by atoms with Crippen LogP contribution in [0.4, 0.5) is 0 Å². The van der Waals surface area contributed by atoms with Gasteiger partial charge in [-0.2, -0.15) is 0 Å². The number of para-hydroxylation sites is 2. The molecule has 10 aromatic carbocycles. The number of furan rings is 1. The van der Waals surface area contributed by atoms with Crippen molar-refractivity contribution in [2.75, 3.05) is 0 Å². The van der Waals surface area contributed by atoms with Gasteiger partial charge in [-0.05, 0) is 129 Å². The van der Waals surface area contributed by atoms with Crippen LogP contribution in [0.15, 0.2) is 226 Å². The Morgan fingerprint density at radius 3 is 1.25 bits per heavy atom. The van der Waals surface area contributed by atoms with Gasteiger partial charge in [0.25, 0.3) is 0 Å². The van der Waals surface area contributed by atoms with Crippen LogP contribution in [0.5, 0.6) is 0 Å². The largest absolute Gasteiger partial charge is 0.455 e. The van der Waals surface area contributed by atoms with Crippen LogP contribution >= 0.6 is 0 Å². The minimum Gasteiger partial charge on any atom is -0.455 e. The highest BCUT2D eigenvalue weighted by Gasteiger charge is 2.19. The Balaban J connectivity index is 0.838. The van der Waals surface area contributed by atoms with Crippen LogP contribution in [0.25, 0.3) is 145 Å². The third-order valence-electron chi connectivity index (χ3n) is 13.0. The number of fused-ring (bicyclic) bond motifs is 7. The van der Waals surface area contributed by atoms with E-state index in [4.69, 9.17) is 38.2 Å². The summed E-state index contributed by atoms with van der Waals surface area (Å²) in [5.41, 5.74) is 13.4. The smallest absolute Gasteiger partial charge is 0.227 e. The van der Waals surface area contributed by atoms with Gasteiger partial charge in [0.2, 0.25) is 11.8 Å². The first kappa shape index (κ1) is 38.7. The standard InChI is InChI=1S/C61H35N5O3/c1-3-10-36(11-4-1)60-62-51-34-44(26-28-54(51)68-60)40-18-20-42-32-46(24-22-38(42)30-40)57-64-58(66-59(65-57)50-16-9-15-49-48-14-7-8-17-53(48)67-56(49)50)47-25-23-39-31-41(19-21-43(39)33-47)45-27-29-55-52(35-45)63-61(69-55)37-12-5-2-6-13-37/h1-35H. The number of hydrogen-bond acceptors (Lipinski definition) is 8. The summed E-state index contributed by atoms with van der Waals surface area (Å²) in [5.74, 6) is 2.88. The molecule has 0 fully saturated rings. The molecule has 0 radical (unpaired) electrons. The fraction of sp³-hybridized carbons (Fsp3) is 0. The van der Waals surface area contributed by atoms with E-state index in [9.17, 15) is 0 Å². The summed E-state index contributed by atoms with van der Waals surface area (Å²) in [6.45, 7) is 0. The zero-order valence-corrected chi connectivity index (χ0v) is 36.7. The first-order valence-corrected chi connectivity index (χ1v) is 22.8. The van der Waals surface area contributed by atoms with E-state index in [1.54, 1.807) is 0 Å². The quantitative estimate of drug-likeness (QED) is 0.156. The minimum atomic E-state index is 0.530. The van der Waals surface area contributed by atoms with Gasteiger partial charge in [-0.25, -0.2) is 24.9 Å². The first-order valence-electron chi connectivity index (χ1n) is 22.8. The van der Waals surface area contributed by atoms with E-state index in [0.717, 1.165) is 116 Å². The van der Waals surface area contributed by atoms with Crippen LogP contribution < -0.4 is 0 Å². The average Bonchev–Trinajstić information content (AvgIpc) is 4.16. The molecule has 322 valence electrons. The zero-order valence-electron chi connectivity index (χ0n) is 36.7. The SMILES string of the molecule is c1ccc(-c2nc3cc(-c4ccc5cc(-c6nc(-c7ccc8cc(-c9ccc%10oc(-c%11ccccc%11)nc%10c9)ccc8c7)nc(-c7cccc8c7oc7ccccc78)n6)ccc5c4)ccc3o2)cc1. The Hall–Kier alpha value is -9.53. The lowest BCUT2D eigenvalue weighted by atomic mass is 9.99. The fourth-order valence-electron chi connectivity index (χ4n) is 9.43. The van der Waals surface area contributed by atoms with E-state index in [2.05, 4.69) is 109 Å². The van der Waals surface area contributed by atoms with Gasteiger partial charge in [-0.1, -0.05) is 127 Å². The lowest BCUT2D eigenvalue weighted by Crippen LogP contribution is -2.00. The van der Waals surface area contributed by atoms with E-state index in [-0.39, 0.29) is 0 Å². The summed E-state index contributed by atoms with van der Waals surface area (Å²) in [5, 5.41) is 6.36. The number of benzene rings is 10. The van der Waals surface area contributed by atoms with Crippen molar-refractivity contribution in [2.45, 2.75) is 0 Å². The Bertz CT molecular complexity index is 4110. The van der Waals surface area contributed by atoms with Crippen molar-refractivity contribution in [3.63, 3.8) is 0 Å². The number of hydrogen-bond donors (Lipinski definition) is 0. The predicted molar refractivity (Wildman–Crippen MR) is 275 cm³/mol. The number of nitrogens with zero attached hydrogens (tertiary/aromatic N) is 5. The first-order chi connectivity index (χ1) is 34.1. The summed E-state index contributed by atoms with van der Waals surface area (Å²) >= 11 is 0. The maximum Gasteiger partial charge on any atom is 0.227 e. The van der Waals surface area contributed by atoms with Gasteiger partial charge in [-0.3, -0.25) is 0 Å². The molecule has 14 rings (SSSR count). The van der Waals surface area contributed by atoms with Crippen LogP contribution in [0.1, 0.15) is 0 Å². The highest BCUT2D eigenvalue weighted by molar-refractivity contribution is 6.09. The molecule has 0 atom stereocenters. The van der Waals surface area contributed by atoms with E-state index < -0.39 is 0 Å². The third kappa shape index (κ3) is 6.81. The minimum absolute atomic E-state index is 0.530. The van der Waals surface area contributed by atoms with Crippen molar-refractivity contribution in [3.05, 3.63) is 212 Å². The number of rotatable bonds is 7. The Kier molecular flexibility index (Phi) is 8.72. The molecule has 4 heterocycles. The molecule has 0 spiro atoms. The summed E-state index contributed by atoms with van der Waals surface area (Å²) in [7, 11) is 0. The molecule has 8 heteroatoms. The van der Waals surface area contributed by atoms with E-state index >= 15 is 0 Å². The molecule has 0 saturated heterocycles. The van der Waals surface area contributed by atoms with Crippen molar-refractivity contribution in [2.24, 2.45) is 0 Å². The predicted octanol–water partition coefficient (Wildman–Crippen LogP) is 16.0. The maximum atomic E-state index is 6.51. The normalized spacial score (nSPS) is 11.8. The van der Waals surface area contributed by atoms with Crippen molar-refractivity contribution in [1.82, 2.24) is 24.9 Å². The van der Waals surface area contributed by atoms with Gasteiger partial charge >= 0.3 is 0 Å². The summed E-state index contributed by atoms with van der Waals surface area (Å²) in [6.07, 6.45) is 0. The van der Waals surface area contributed by atoms with Crippen LogP contribution in [0.3, 0.4) is 0 Å². The van der Waals surface area contributed by atoms with Gasteiger partial charge in [0, 0.05) is 33.0 Å². The lowest BCUT2D eigenvalue weighted by Gasteiger charge is -2.11. The number of aromatic nitrogens is 5. The Morgan fingerprint density at radius 1 is 0.261 bits per heavy atom. The van der Waals surface area contributed by atoms with Crippen LogP contribution in [-0.2, 0) is 0 Å².